The number of anilines is 1. The molecule has 0 N–H and O–H groups in total. The molecule has 0 atom stereocenters. The van der Waals surface area contributed by atoms with Crippen LogP contribution in [-0.2, 0) is 15.9 Å². The van der Waals surface area contributed by atoms with E-state index in [1.807, 2.05) is 36.4 Å². The van der Waals surface area contributed by atoms with Gasteiger partial charge in [-0.05, 0) is 35.2 Å². The molecule has 2 fully saturated rings. The summed E-state index contributed by atoms with van der Waals surface area (Å²) >= 11 is 0. The molecule has 0 amide bonds. The number of ether oxygens (including phenoxy) is 3. The van der Waals surface area contributed by atoms with E-state index in [-0.39, 0.29) is 12.2 Å². The van der Waals surface area contributed by atoms with Crippen LogP contribution in [-0.4, -0.2) is 76.4 Å². The third kappa shape index (κ3) is 5.81. The van der Waals surface area contributed by atoms with Crippen molar-refractivity contribution in [2.24, 2.45) is 0 Å². The van der Waals surface area contributed by atoms with Gasteiger partial charge in [0.15, 0.2) is 5.78 Å². The molecular formula is C28H31FN2O4. The highest BCUT2D eigenvalue weighted by atomic mass is 19.1. The molecule has 2 saturated heterocycles. The second-order valence-electron chi connectivity index (χ2n) is 8.97. The van der Waals surface area contributed by atoms with Crippen LogP contribution in [0.5, 0.6) is 5.75 Å². The van der Waals surface area contributed by atoms with E-state index in [2.05, 4.69) is 9.80 Å². The van der Waals surface area contributed by atoms with Gasteiger partial charge in [0, 0.05) is 55.8 Å². The van der Waals surface area contributed by atoms with Gasteiger partial charge < -0.3 is 19.1 Å². The van der Waals surface area contributed by atoms with E-state index in [1.165, 1.54) is 12.1 Å². The molecule has 0 bridgehead atoms. The molecule has 0 saturated carbocycles. The van der Waals surface area contributed by atoms with E-state index in [0.29, 0.717) is 38.5 Å². The number of rotatable bonds is 8. The lowest BCUT2D eigenvalue weighted by Gasteiger charge is -2.29. The van der Waals surface area contributed by atoms with E-state index in [1.54, 1.807) is 6.07 Å². The number of benzene rings is 3. The van der Waals surface area contributed by atoms with Gasteiger partial charge in [-0.25, -0.2) is 4.39 Å². The lowest BCUT2D eigenvalue weighted by atomic mass is 9.97. The normalized spacial score (nSPS) is 17.0. The first kappa shape index (κ1) is 23.7. The van der Waals surface area contributed by atoms with Gasteiger partial charge in [-0.1, -0.05) is 30.3 Å². The molecule has 0 radical (unpaired) electrons. The van der Waals surface area contributed by atoms with Crippen LogP contribution < -0.4 is 9.64 Å². The maximum Gasteiger partial charge on any atom is 0.167 e. The summed E-state index contributed by atoms with van der Waals surface area (Å²) in [4.78, 5) is 17.6. The van der Waals surface area contributed by atoms with Crippen molar-refractivity contribution < 1.29 is 23.4 Å². The number of ketones is 1. The van der Waals surface area contributed by atoms with Crippen LogP contribution >= 0.6 is 0 Å². The van der Waals surface area contributed by atoms with Crippen LogP contribution in [0.25, 0.3) is 10.8 Å². The summed E-state index contributed by atoms with van der Waals surface area (Å²) in [7, 11) is 0. The van der Waals surface area contributed by atoms with Crippen LogP contribution in [0, 0.1) is 5.82 Å². The van der Waals surface area contributed by atoms with Crippen molar-refractivity contribution in [3.05, 3.63) is 71.5 Å². The summed E-state index contributed by atoms with van der Waals surface area (Å²) in [6, 6.07) is 16.5. The fourth-order valence-electron chi connectivity index (χ4n) is 4.74. The average molecular weight is 479 g/mol. The zero-order chi connectivity index (χ0) is 24.0. The van der Waals surface area contributed by atoms with Crippen LogP contribution in [0.4, 0.5) is 10.1 Å². The number of halogens is 1. The number of fused-ring (bicyclic) bond motifs is 1. The van der Waals surface area contributed by atoms with Gasteiger partial charge in [-0.2, -0.15) is 0 Å². The molecule has 2 heterocycles. The van der Waals surface area contributed by atoms with Gasteiger partial charge in [-0.3, -0.25) is 9.69 Å². The third-order valence-corrected chi connectivity index (χ3v) is 6.67. The Morgan fingerprint density at radius 2 is 1.60 bits per heavy atom. The number of nitrogens with zero attached hydrogens (tertiary/aromatic N) is 2. The van der Waals surface area contributed by atoms with E-state index in [9.17, 15) is 9.18 Å². The van der Waals surface area contributed by atoms with Gasteiger partial charge in [0.1, 0.15) is 18.2 Å². The van der Waals surface area contributed by atoms with Gasteiger partial charge in [0.05, 0.1) is 26.4 Å². The Morgan fingerprint density at radius 1 is 0.886 bits per heavy atom. The van der Waals surface area contributed by atoms with E-state index in [4.69, 9.17) is 14.2 Å². The van der Waals surface area contributed by atoms with Crippen molar-refractivity contribution in [3.63, 3.8) is 0 Å². The maximum atomic E-state index is 14.4. The topological polar surface area (TPSA) is 51.2 Å². The van der Waals surface area contributed by atoms with Crippen molar-refractivity contribution in [2.45, 2.75) is 6.42 Å². The fourth-order valence-corrected chi connectivity index (χ4v) is 4.74. The predicted octanol–water partition coefficient (Wildman–Crippen LogP) is 3.95. The quantitative estimate of drug-likeness (QED) is 0.457. The summed E-state index contributed by atoms with van der Waals surface area (Å²) in [6.07, 6.45) is 0.195. The van der Waals surface area contributed by atoms with Crippen molar-refractivity contribution in [1.29, 1.82) is 0 Å². The van der Waals surface area contributed by atoms with Crippen LogP contribution in [0.2, 0.25) is 0 Å². The van der Waals surface area contributed by atoms with Gasteiger partial charge in [0.25, 0.3) is 0 Å². The van der Waals surface area contributed by atoms with Gasteiger partial charge in [-0.15, -0.1) is 0 Å². The molecule has 0 aliphatic carbocycles. The first-order chi connectivity index (χ1) is 17.2. The lowest BCUT2D eigenvalue weighted by Crippen LogP contribution is -2.38. The Kier molecular flexibility index (Phi) is 7.57. The molecule has 2 aliphatic heterocycles. The minimum atomic E-state index is -0.397. The second kappa shape index (κ2) is 11.2. The summed E-state index contributed by atoms with van der Waals surface area (Å²) in [5, 5.41) is 1.96. The van der Waals surface area contributed by atoms with Crippen molar-refractivity contribution in [2.75, 3.05) is 70.7 Å². The predicted molar refractivity (Wildman–Crippen MR) is 134 cm³/mol. The number of Topliss-reactive ketones (excluding diaryl/α,β-unsaturated/α-hetero) is 1. The molecule has 5 rings (SSSR count). The van der Waals surface area contributed by atoms with Crippen molar-refractivity contribution in [1.82, 2.24) is 4.90 Å². The number of hydrogen-bond donors (Lipinski definition) is 0. The van der Waals surface area contributed by atoms with Gasteiger partial charge in [0.2, 0.25) is 0 Å². The average Bonchev–Trinajstić information content (AvgIpc) is 2.90. The summed E-state index contributed by atoms with van der Waals surface area (Å²) in [5.74, 6) is 0.307. The molecule has 184 valence electrons. The van der Waals surface area contributed by atoms with E-state index < -0.39 is 5.82 Å². The molecule has 0 spiro atoms. The first-order valence-corrected chi connectivity index (χ1v) is 12.3. The Bertz CT molecular complexity index is 1170. The van der Waals surface area contributed by atoms with Crippen molar-refractivity contribution in [3.8, 4) is 5.75 Å². The zero-order valence-corrected chi connectivity index (χ0v) is 19.9. The highest BCUT2D eigenvalue weighted by Gasteiger charge is 2.17. The maximum absolute atomic E-state index is 14.4. The zero-order valence-electron chi connectivity index (χ0n) is 19.9. The SMILES string of the molecule is O=C(Cc1ccc(OCCN2CCOCC2)c2ccccc12)c1cc(F)cc(N2CCOCC2)c1. The minimum Gasteiger partial charge on any atom is -0.492 e. The summed E-state index contributed by atoms with van der Waals surface area (Å²) in [6.45, 7) is 7.42. The Balaban J connectivity index is 1.31. The van der Waals surface area contributed by atoms with Gasteiger partial charge >= 0.3 is 0 Å². The summed E-state index contributed by atoms with van der Waals surface area (Å²) in [5.41, 5.74) is 2.02. The molecule has 35 heavy (non-hydrogen) atoms. The van der Waals surface area contributed by atoms with Crippen LogP contribution in [0.1, 0.15) is 15.9 Å². The number of morpholine rings is 2. The highest BCUT2D eigenvalue weighted by Crippen LogP contribution is 2.30. The molecule has 6 nitrogen and oxygen atoms in total. The first-order valence-electron chi connectivity index (χ1n) is 12.3. The van der Waals surface area contributed by atoms with Crippen molar-refractivity contribution >= 4 is 22.2 Å². The number of carbonyl (C=O) groups is 1. The summed E-state index contributed by atoms with van der Waals surface area (Å²) < 4.78 is 31.3. The molecule has 3 aromatic carbocycles. The Morgan fingerprint density at radius 3 is 2.37 bits per heavy atom. The number of hydrogen-bond acceptors (Lipinski definition) is 6. The third-order valence-electron chi connectivity index (χ3n) is 6.67. The molecule has 3 aromatic rings. The van der Waals surface area contributed by atoms with Crippen LogP contribution in [0.3, 0.4) is 0 Å². The molecular weight excluding hydrogens is 447 g/mol. The van der Waals surface area contributed by atoms with Crippen LogP contribution in [0.15, 0.2) is 54.6 Å². The Hall–Kier alpha value is -3.00. The lowest BCUT2D eigenvalue weighted by molar-refractivity contribution is 0.0323. The van der Waals surface area contributed by atoms with E-state index >= 15 is 0 Å². The highest BCUT2D eigenvalue weighted by molar-refractivity contribution is 6.01. The molecule has 2 aliphatic rings. The second-order valence-corrected chi connectivity index (χ2v) is 8.97. The molecule has 7 heteroatoms. The largest absolute Gasteiger partial charge is 0.492 e. The monoisotopic (exact) mass is 478 g/mol. The minimum absolute atomic E-state index is 0.106. The Labute approximate surface area is 205 Å². The molecule has 0 unspecified atom stereocenters. The smallest absolute Gasteiger partial charge is 0.167 e. The molecule has 0 aromatic heterocycles. The van der Waals surface area contributed by atoms with E-state index in [0.717, 1.165) is 60.6 Å². The fraction of sp³-hybridized carbons (Fsp3) is 0.393. The standard InChI is InChI=1S/C28H31FN2O4/c29-23-17-22(18-24(20-23)31-10-14-34-15-11-31)27(32)19-21-5-6-28(26-4-2-1-3-25(21)26)35-16-9-30-7-12-33-13-8-30/h1-6,17-18,20H,7-16,19H2. The number of carbonyl (C=O) groups excluding carboxylic acids is 1.